The fraction of sp³-hybridized carbons (Fsp3) is 0.556. The first-order valence-corrected chi connectivity index (χ1v) is 5.54. The number of ether oxygens (including phenoxy) is 1. The third-order valence-corrected chi connectivity index (χ3v) is 2.57. The van der Waals surface area contributed by atoms with Crippen LogP contribution in [0.15, 0.2) is 6.20 Å². The van der Waals surface area contributed by atoms with Gasteiger partial charge in [0.05, 0.1) is 3.57 Å². The highest BCUT2D eigenvalue weighted by Crippen LogP contribution is 2.13. The second kappa shape index (κ2) is 6.13. The Morgan fingerprint density at radius 2 is 2.36 bits per heavy atom. The lowest BCUT2D eigenvalue weighted by Gasteiger charge is -2.04. The van der Waals surface area contributed by atoms with Gasteiger partial charge in [-0.1, -0.05) is 0 Å². The molecule has 0 amide bonds. The third kappa shape index (κ3) is 3.38. The van der Waals surface area contributed by atoms with E-state index in [0.717, 1.165) is 34.7 Å². The zero-order chi connectivity index (χ0) is 10.4. The molecular formula is C9H14IN3O. The van der Waals surface area contributed by atoms with Gasteiger partial charge in [-0.05, 0) is 29.0 Å². The van der Waals surface area contributed by atoms with Crippen LogP contribution in [0.25, 0.3) is 0 Å². The van der Waals surface area contributed by atoms with Crippen molar-refractivity contribution in [3.8, 4) is 0 Å². The SMILES string of the molecule is CNc1nc(CCCOC)ncc1I. The van der Waals surface area contributed by atoms with Crippen molar-refractivity contribution in [2.75, 3.05) is 26.1 Å². The first-order valence-electron chi connectivity index (χ1n) is 4.46. The van der Waals surface area contributed by atoms with Crippen molar-refractivity contribution in [2.45, 2.75) is 12.8 Å². The van der Waals surface area contributed by atoms with E-state index in [1.54, 1.807) is 7.11 Å². The first kappa shape index (κ1) is 11.6. The summed E-state index contributed by atoms with van der Waals surface area (Å²) in [5, 5.41) is 3.04. The number of aryl methyl sites for hydroxylation is 1. The number of methoxy groups -OCH3 is 1. The molecule has 78 valence electrons. The number of nitrogens with zero attached hydrogens (tertiary/aromatic N) is 2. The fourth-order valence-corrected chi connectivity index (χ4v) is 1.60. The van der Waals surface area contributed by atoms with Crippen LogP contribution in [-0.2, 0) is 11.2 Å². The van der Waals surface area contributed by atoms with E-state index in [1.165, 1.54) is 0 Å². The molecule has 0 radical (unpaired) electrons. The Bertz CT molecular complexity index is 293. The molecule has 1 heterocycles. The van der Waals surface area contributed by atoms with Gasteiger partial charge in [0.1, 0.15) is 11.6 Å². The summed E-state index contributed by atoms with van der Waals surface area (Å²) in [5.74, 6) is 1.76. The van der Waals surface area contributed by atoms with Crippen molar-refractivity contribution in [2.24, 2.45) is 0 Å². The van der Waals surface area contributed by atoms with Crippen molar-refractivity contribution >= 4 is 28.4 Å². The minimum Gasteiger partial charge on any atom is -0.385 e. The molecule has 0 spiro atoms. The van der Waals surface area contributed by atoms with E-state index in [1.807, 2.05) is 13.2 Å². The first-order chi connectivity index (χ1) is 6.77. The summed E-state index contributed by atoms with van der Waals surface area (Å²) in [6, 6.07) is 0. The van der Waals surface area contributed by atoms with Gasteiger partial charge in [-0.15, -0.1) is 0 Å². The number of halogens is 1. The molecule has 5 heteroatoms. The second-order valence-corrected chi connectivity index (χ2v) is 3.99. The lowest BCUT2D eigenvalue weighted by atomic mass is 10.3. The second-order valence-electron chi connectivity index (χ2n) is 2.83. The normalized spacial score (nSPS) is 10.2. The number of nitrogens with one attached hydrogen (secondary N) is 1. The van der Waals surface area contributed by atoms with E-state index >= 15 is 0 Å². The van der Waals surface area contributed by atoms with E-state index in [-0.39, 0.29) is 0 Å². The third-order valence-electron chi connectivity index (χ3n) is 1.78. The Hall–Kier alpha value is -0.430. The predicted octanol–water partition coefficient (Wildman–Crippen LogP) is 1.70. The van der Waals surface area contributed by atoms with E-state index in [2.05, 4.69) is 37.9 Å². The summed E-state index contributed by atoms with van der Waals surface area (Å²) >= 11 is 2.21. The summed E-state index contributed by atoms with van der Waals surface area (Å²) in [6.45, 7) is 0.754. The fourth-order valence-electron chi connectivity index (χ4n) is 1.07. The van der Waals surface area contributed by atoms with Crippen LogP contribution in [-0.4, -0.2) is 30.7 Å². The van der Waals surface area contributed by atoms with E-state index in [0.29, 0.717) is 0 Å². The van der Waals surface area contributed by atoms with Crippen LogP contribution >= 0.6 is 22.6 Å². The minimum absolute atomic E-state index is 0.754. The van der Waals surface area contributed by atoms with Crippen molar-refractivity contribution in [1.82, 2.24) is 9.97 Å². The Kier molecular flexibility index (Phi) is 5.10. The van der Waals surface area contributed by atoms with Crippen molar-refractivity contribution < 1.29 is 4.74 Å². The highest BCUT2D eigenvalue weighted by atomic mass is 127. The lowest BCUT2D eigenvalue weighted by Crippen LogP contribution is -2.03. The summed E-state index contributed by atoms with van der Waals surface area (Å²) in [7, 11) is 3.57. The molecule has 1 aromatic rings. The number of aromatic nitrogens is 2. The van der Waals surface area contributed by atoms with Crippen LogP contribution in [0.5, 0.6) is 0 Å². The zero-order valence-corrected chi connectivity index (χ0v) is 10.5. The van der Waals surface area contributed by atoms with Crippen LogP contribution in [0.2, 0.25) is 0 Å². The monoisotopic (exact) mass is 307 g/mol. The van der Waals surface area contributed by atoms with Crippen molar-refractivity contribution in [3.63, 3.8) is 0 Å². The Labute approximate surface area is 97.6 Å². The van der Waals surface area contributed by atoms with Gasteiger partial charge in [0.25, 0.3) is 0 Å². The van der Waals surface area contributed by atoms with Gasteiger partial charge in [-0.3, -0.25) is 0 Å². The number of hydrogen-bond donors (Lipinski definition) is 1. The molecule has 0 aliphatic carbocycles. The van der Waals surface area contributed by atoms with E-state index in [9.17, 15) is 0 Å². The van der Waals surface area contributed by atoms with Gasteiger partial charge in [0.2, 0.25) is 0 Å². The molecular weight excluding hydrogens is 293 g/mol. The van der Waals surface area contributed by atoms with Gasteiger partial charge in [0, 0.05) is 33.4 Å². The van der Waals surface area contributed by atoms with Gasteiger partial charge >= 0.3 is 0 Å². The smallest absolute Gasteiger partial charge is 0.142 e. The molecule has 1 N–H and O–H groups in total. The molecule has 0 fully saturated rings. The predicted molar refractivity (Wildman–Crippen MR) is 64.5 cm³/mol. The van der Waals surface area contributed by atoms with Gasteiger partial charge < -0.3 is 10.1 Å². The van der Waals surface area contributed by atoms with Gasteiger partial charge in [0.15, 0.2) is 0 Å². The molecule has 0 unspecified atom stereocenters. The Balaban J connectivity index is 2.60. The standard InChI is InChI=1S/C9H14IN3O/c1-11-9-7(10)6-12-8(13-9)4-3-5-14-2/h6H,3-5H2,1-2H3,(H,11,12,13). The maximum Gasteiger partial charge on any atom is 0.142 e. The molecule has 4 nitrogen and oxygen atoms in total. The topological polar surface area (TPSA) is 47.0 Å². The maximum atomic E-state index is 4.97. The largest absolute Gasteiger partial charge is 0.385 e. The van der Waals surface area contributed by atoms with Crippen LogP contribution < -0.4 is 5.32 Å². The van der Waals surface area contributed by atoms with Gasteiger partial charge in [-0.2, -0.15) is 0 Å². The van der Waals surface area contributed by atoms with Crippen LogP contribution in [0, 0.1) is 3.57 Å². The van der Waals surface area contributed by atoms with Crippen molar-refractivity contribution in [1.29, 1.82) is 0 Å². The van der Waals surface area contributed by atoms with Crippen LogP contribution in [0.3, 0.4) is 0 Å². The number of hydrogen-bond acceptors (Lipinski definition) is 4. The minimum atomic E-state index is 0.754. The summed E-state index contributed by atoms with van der Waals surface area (Å²) in [4.78, 5) is 8.62. The molecule has 0 saturated heterocycles. The molecule has 0 aromatic carbocycles. The maximum absolute atomic E-state index is 4.97. The van der Waals surface area contributed by atoms with E-state index < -0.39 is 0 Å². The highest BCUT2D eigenvalue weighted by molar-refractivity contribution is 14.1. The molecule has 14 heavy (non-hydrogen) atoms. The van der Waals surface area contributed by atoms with Gasteiger partial charge in [-0.25, -0.2) is 9.97 Å². The number of anilines is 1. The zero-order valence-electron chi connectivity index (χ0n) is 8.38. The van der Waals surface area contributed by atoms with E-state index in [4.69, 9.17) is 4.74 Å². The molecule has 1 rings (SSSR count). The molecule has 0 aliphatic rings. The highest BCUT2D eigenvalue weighted by Gasteiger charge is 2.02. The Morgan fingerprint density at radius 1 is 1.57 bits per heavy atom. The number of rotatable bonds is 5. The summed E-state index contributed by atoms with van der Waals surface area (Å²) < 4.78 is 6.01. The lowest BCUT2D eigenvalue weighted by molar-refractivity contribution is 0.194. The average molecular weight is 307 g/mol. The Morgan fingerprint density at radius 3 is 3.00 bits per heavy atom. The molecule has 0 atom stereocenters. The molecule has 0 saturated carbocycles. The summed E-state index contributed by atoms with van der Waals surface area (Å²) in [6.07, 6.45) is 3.65. The quantitative estimate of drug-likeness (QED) is 0.664. The molecule has 1 aromatic heterocycles. The van der Waals surface area contributed by atoms with Crippen LogP contribution in [0.4, 0.5) is 5.82 Å². The average Bonchev–Trinajstić information content (AvgIpc) is 2.21. The molecule has 0 bridgehead atoms. The summed E-state index contributed by atoms with van der Waals surface area (Å²) in [5.41, 5.74) is 0. The van der Waals surface area contributed by atoms with Crippen molar-refractivity contribution in [3.05, 3.63) is 15.6 Å². The molecule has 0 aliphatic heterocycles. The van der Waals surface area contributed by atoms with Crippen LogP contribution in [0.1, 0.15) is 12.2 Å².